The van der Waals surface area contributed by atoms with E-state index < -0.39 is 17.5 Å². The molecule has 7 nitrogen and oxygen atoms in total. The molecule has 0 spiro atoms. The molecule has 0 aliphatic carbocycles. The zero-order valence-corrected chi connectivity index (χ0v) is 16.0. The Hall–Kier alpha value is -1.67. The van der Waals surface area contributed by atoms with Gasteiger partial charge in [-0.1, -0.05) is 12.1 Å². The maximum Gasteiger partial charge on any atom is 0.313 e. The zero-order chi connectivity index (χ0) is 19.3. The fourth-order valence-electron chi connectivity index (χ4n) is 4.07. The lowest BCUT2D eigenvalue weighted by molar-refractivity contribution is -0.163. The van der Waals surface area contributed by atoms with Gasteiger partial charge in [0.05, 0.1) is 26.4 Å². The number of carboxylic acid groups (broad SMARTS) is 1. The predicted molar refractivity (Wildman–Crippen MR) is 101 cm³/mol. The van der Waals surface area contributed by atoms with Gasteiger partial charge in [0.1, 0.15) is 11.2 Å². The van der Waals surface area contributed by atoms with Crippen LogP contribution in [-0.4, -0.2) is 91.7 Å². The third-order valence-corrected chi connectivity index (χ3v) is 5.78. The number of benzene rings is 1. The van der Waals surface area contributed by atoms with Gasteiger partial charge in [-0.2, -0.15) is 0 Å². The number of carboxylic acids is 1. The largest absolute Gasteiger partial charge is 0.497 e. The van der Waals surface area contributed by atoms with Gasteiger partial charge in [0.2, 0.25) is 0 Å². The van der Waals surface area contributed by atoms with Crippen molar-refractivity contribution in [3.8, 4) is 5.75 Å². The van der Waals surface area contributed by atoms with Gasteiger partial charge in [0, 0.05) is 39.3 Å². The lowest BCUT2D eigenvalue weighted by Crippen LogP contribution is -2.58. The number of aliphatic hydroxyl groups excluding tert-OH is 1. The van der Waals surface area contributed by atoms with Gasteiger partial charge in [-0.05, 0) is 30.5 Å². The van der Waals surface area contributed by atoms with Crippen molar-refractivity contribution in [3.05, 3.63) is 29.8 Å². The number of methoxy groups -OCH3 is 1. The molecule has 0 saturated carbocycles. The number of aliphatic hydroxyl groups is 1. The van der Waals surface area contributed by atoms with Crippen molar-refractivity contribution in [2.75, 3.05) is 59.6 Å². The van der Waals surface area contributed by atoms with E-state index in [0.29, 0.717) is 18.7 Å². The number of likely N-dealkylation sites (tertiary alicyclic amines) is 1. The SMILES string of the molecule is COc1cccc(C[C@@]2(C(=O)O)CN(CCN3CCOCC3)CC[C@H]2O)c1. The highest BCUT2D eigenvalue weighted by Crippen LogP contribution is 2.35. The molecule has 1 aromatic rings. The van der Waals surface area contributed by atoms with E-state index in [-0.39, 0.29) is 6.42 Å². The molecule has 2 heterocycles. The van der Waals surface area contributed by atoms with Gasteiger partial charge >= 0.3 is 5.97 Å². The number of nitrogens with zero attached hydrogens (tertiary/aromatic N) is 2. The molecular formula is C20H30N2O5. The lowest BCUT2D eigenvalue weighted by atomic mass is 9.73. The summed E-state index contributed by atoms with van der Waals surface area (Å²) in [5.74, 6) is -0.239. The van der Waals surface area contributed by atoms with Crippen LogP contribution in [0.25, 0.3) is 0 Å². The number of morpholine rings is 1. The first-order valence-electron chi connectivity index (χ1n) is 9.60. The number of piperidine rings is 1. The average Bonchev–Trinajstić information content (AvgIpc) is 2.69. The molecule has 2 saturated heterocycles. The molecule has 2 aliphatic heterocycles. The molecule has 2 aliphatic rings. The Morgan fingerprint density at radius 1 is 1.26 bits per heavy atom. The van der Waals surface area contributed by atoms with E-state index in [2.05, 4.69) is 9.80 Å². The summed E-state index contributed by atoms with van der Waals surface area (Å²) in [5, 5.41) is 20.7. The highest BCUT2D eigenvalue weighted by Gasteiger charge is 2.49. The lowest BCUT2D eigenvalue weighted by Gasteiger charge is -2.44. The topological polar surface area (TPSA) is 82.5 Å². The number of ether oxygens (including phenoxy) is 2. The molecule has 0 aromatic heterocycles. The summed E-state index contributed by atoms with van der Waals surface area (Å²) in [6.07, 6.45) is -0.102. The Morgan fingerprint density at radius 3 is 2.70 bits per heavy atom. The summed E-state index contributed by atoms with van der Waals surface area (Å²) in [6, 6.07) is 7.44. The van der Waals surface area contributed by atoms with Crippen LogP contribution in [0.1, 0.15) is 12.0 Å². The number of hydrogen-bond acceptors (Lipinski definition) is 6. The smallest absolute Gasteiger partial charge is 0.313 e. The second-order valence-corrected chi connectivity index (χ2v) is 7.52. The van der Waals surface area contributed by atoms with Gasteiger partial charge in [-0.25, -0.2) is 0 Å². The van der Waals surface area contributed by atoms with Crippen molar-refractivity contribution in [1.29, 1.82) is 0 Å². The molecule has 27 heavy (non-hydrogen) atoms. The van der Waals surface area contributed by atoms with Gasteiger partial charge in [0.15, 0.2) is 0 Å². The van der Waals surface area contributed by atoms with E-state index in [4.69, 9.17) is 9.47 Å². The Kier molecular flexibility index (Phi) is 6.70. The summed E-state index contributed by atoms with van der Waals surface area (Å²) < 4.78 is 10.6. The highest BCUT2D eigenvalue weighted by atomic mass is 16.5. The maximum atomic E-state index is 12.3. The van der Waals surface area contributed by atoms with Crippen molar-refractivity contribution < 1.29 is 24.5 Å². The summed E-state index contributed by atoms with van der Waals surface area (Å²) in [4.78, 5) is 16.8. The van der Waals surface area contributed by atoms with Crippen molar-refractivity contribution >= 4 is 5.97 Å². The molecule has 3 rings (SSSR count). The van der Waals surface area contributed by atoms with Crippen LogP contribution in [0.4, 0.5) is 0 Å². The average molecular weight is 378 g/mol. The Bertz CT molecular complexity index is 635. The van der Waals surface area contributed by atoms with Gasteiger partial charge in [-0.15, -0.1) is 0 Å². The van der Waals surface area contributed by atoms with Crippen LogP contribution in [0, 0.1) is 5.41 Å². The van der Waals surface area contributed by atoms with E-state index >= 15 is 0 Å². The summed E-state index contributed by atoms with van der Waals surface area (Å²) in [5.41, 5.74) is -0.332. The fraction of sp³-hybridized carbons (Fsp3) is 0.650. The number of carbonyl (C=O) groups is 1. The van der Waals surface area contributed by atoms with Crippen molar-refractivity contribution in [3.63, 3.8) is 0 Å². The molecule has 0 radical (unpaired) electrons. The quantitative estimate of drug-likeness (QED) is 0.723. The molecule has 7 heteroatoms. The number of hydrogen-bond donors (Lipinski definition) is 2. The molecule has 1 aromatic carbocycles. The van der Waals surface area contributed by atoms with E-state index in [0.717, 1.165) is 51.5 Å². The van der Waals surface area contributed by atoms with Crippen LogP contribution < -0.4 is 4.74 Å². The first-order valence-corrected chi connectivity index (χ1v) is 9.60. The van der Waals surface area contributed by atoms with E-state index in [1.54, 1.807) is 7.11 Å². The molecular weight excluding hydrogens is 348 g/mol. The zero-order valence-electron chi connectivity index (χ0n) is 16.0. The van der Waals surface area contributed by atoms with Gasteiger partial charge < -0.3 is 24.6 Å². The normalized spacial score (nSPS) is 27.4. The van der Waals surface area contributed by atoms with E-state index in [1.165, 1.54) is 0 Å². The molecule has 0 unspecified atom stereocenters. The molecule has 0 bridgehead atoms. The molecule has 2 atom stereocenters. The summed E-state index contributed by atoms with van der Waals surface area (Å²) in [7, 11) is 1.59. The fourth-order valence-corrected chi connectivity index (χ4v) is 4.07. The van der Waals surface area contributed by atoms with Crippen LogP contribution in [0.2, 0.25) is 0 Å². The summed E-state index contributed by atoms with van der Waals surface area (Å²) in [6.45, 7) is 6.13. The van der Waals surface area contributed by atoms with E-state index in [1.807, 2.05) is 24.3 Å². The molecule has 0 amide bonds. The second kappa shape index (κ2) is 9.01. The highest BCUT2D eigenvalue weighted by molar-refractivity contribution is 5.76. The van der Waals surface area contributed by atoms with Crippen LogP contribution in [0.5, 0.6) is 5.75 Å². The van der Waals surface area contributed by atoms with Crippen LogP contribution in [0.3, 0.4) is 0 Å². The van der Waals surface area contributed by atoms with Crippen LogP contribution in [-0.2, 0) is 16.0 Å². The second-order valence-electron chi connectivity index (χ2n) is 7.52. The Balaban J connectivity index is 1.70. The minimum atomic E-state index is -1.20. The monoisotopic (exact) mass is 378 g/mol. The van der Waals surface area contributed by atoms with E-state index in [9.17, 15) is 15.0 Å². The minimum Gasteiger partial charge on any atom is -0.497 e. The van der Waals surface area contributed by atoms with Crippen LogP contribution in [0.15, 0.2) is 24.3 Å². The third-order valence-electron chi connectivity index (χ3n) is 5.78. The van der Waals surface area contributed by atoms with Crippen LogP contribution >= 0.6 is 0 Å². The minimum absolute atomic E-state index is 0.286. The summed E-state index contributed by atoms with van der Waals surface area (Å²) >= 11 is 0. The molecule has 150 valence electrons. The van der Waals surface area contributed by atoms with Crippen molar-refractivity contribution in [1.82, 2.24) is 9.80 Å². The Labute approximate surface area is 160 Å². The number of aliphatic carboxylic acids is 1. The van der Waals surface area contributed by atoms with Crippen molar-refractivity contribution in [2.45, 2.75) is 18.9 Å². The molecule has 2 N–H and O–H groups in total. The Morgan fingerprint density at radius 2 is 2.00 bits per heavy atom. The predicted octanol–water partition coefficient (Wildman–Crippen LogP) is 0.708. The maximum absolute atomic E-state index is 12.3. The van der Waals surface area contributed by atoms with Gasteiger partial charge in [-0.3, -0.25) is 9.69 Å². The standard InChI is InChI=1S/C20H30N2O5/c1-26-17-4-2-3-16(13-17)14-20(19(24)25)15-22(6-5-18(20)23)8-7-21-9-11-27-12-10-21/h2-4,13,18,23H,5-12,14-15H2,1H3,(H,24,25)/t18-,20-/m1/s1. The first kappa shape index (κ1) is 20.1. The molecule has 2 fully saturated rings. The van der Waals surface area contributed by atoms with Crippen molar-refractivity contribution in [2.24, 2.45) is 5.41 Å². The third kappa shape index (κ3) is 4.79. The number of rotatable bonds is 7. The first-order chi connectivity index (χ1) is 13.0. The van der Waals surface area contributed by atoms with Gasteiger partial charge in [0.25, 0.3) is 0 Å².